The molecule has 0 atom stereocenters. The Kier molecular flexibility index (Phi) is 10.1. The monoisotopic (exact) mass is 1010 g/mol. The van der Waals surface area contributed by atoms with Crippen molar-refractivity contribution < 1.29 is 8.78 Å². The first-order valence-corrected chi connectivity index (χ1v) is 27.0. The minimum absolute atomic E-state index is 0.224. The molecule has 0 fully saturated rings. The Morgan fingerprint density at radius 2 is 0.628 bits per heavy atom. The smallest absolute Gasteiger partial charge is 0.147 e. The van der Waals surface area contributed by atoms with Crippen LogP contribution in [0.5, 0.6) is 0 Å². The highest BCUT2D eigenvalue weighted by molar-refractivity contribution is 6.27. The molecule has 2 nitrogen and oxygen atoms in total. The van der Waals surface area contributed by atoms with Crippen molar-refractivity contribution in [2.75, 3.05) is 9.80 Å². The van der Waals surface area contributed by atoms with Gasteiger partial charge in [-0.15, -0.1) is 0 Å². The Morgan fingerprint density at radius 3 is 1.06 bits per heavy atom. The van der Waals surface area contributed by atoms with E-state index in [4.69, 9.17) is 0 Å². The minimum atomic E-state index is -0.290. The van der Waals surface area contributed by atoms with Crippen molar-refractivity contribution in [3.63, 3.8) is 0 Å². The third-order valence-corrected chi connectivity index (χ3v) is 17.3. The summed E-state index contributed by atoms with van der Waals surface area (Å²) in [5, 5.41) is 4.69. The van der Waals surface area contributed by atoms with Gasteiger partial charge in [0, 0.05) is 33.3 Å². The van der Waals surface area contributed by atoms with Crippen LogP contribution in [0.3, 0.4) is 0 Å². The number of nitrogens with zero attached hydrogens (tertiary/aromatic N) is 2. The molecule has 12 aromatic carbocycles. The van der Waals surface area contributed by atoms with Crippen LogP contribution in [0.2, 0.25) is 0 Å². The summed E-state index contributed by atoms with van der Waals surface area (Å²) < 4.78 is 32.8. The SMILES string of the molecule is CC1(C)c2ccccc2-c2c(N(c3ccc(-c4c5c(c(-c6ccc(N(c7ccccc7F)c7cccc8c7-c7ccccc7C8(C)C)cc6)c6ccccc46)-c4cccc6cccc-5c46)cc3)c3ccccc3F)cccc21. The van der Waals surface area contributed by atoms with Gasteiger partial charge in [-0.25, -0.2) is 8.78 Å². The van der Waals surface area contributed by atoms with E-state index >= 15 is 8.78 Å². The molecule has 0 N–H and O–H groups in total. The molecule has 0 saturated heterocycles. The van der Waals surface area contributed by atoms with Crippen molar-refractivity contribution in [1.82, 2.24) is 0 Å². The molecule has 0 bridgehead atoms. The summed E-state index contributed by atoms with van der Waals surface area (Å²) in [4.78, 5) is 4.19. The molecule has 0 aliphatic heterocycles. The molecule has 0 unspecified atom stereocenters. The summed E-state index contributed by atoms with van der Waals surface area (Å²) >= 11 is 0. The maximum atomic E-state index is 16.4. The number of hydrogen-bond acceptors (Lipinski definition) is 2. The third kappa shape index (κ3) is 6.53. The Hall–Kier alpha value is -9.38. The predicted molar refractivity (Wildman–Crippen MR) is 321 cm³/mol. The lowest BCUT2D eigenvalue weighted by atomic mass is 9.82. The van der Waals surface area contributed by atoms with Crippen LogP contribution in [0.25, 0.3) is 88.3 Å². The van der Waals surface area contributed by atoms with Gasteiger partial charge in [-0.05, 0) is 160 Å². The van der Waals surface area contributed by atoms with Crippen molar-refractivity contribution in [1.29, 1.82) is 0 Å². The molecule has 3 aliphatic rings. The van der Waals surface area contributed by atoms with Gasteiger partial charge in [-0.2, -0.15) is 0 Å². The lowest BCUT2D eigenvalue weighted by Gasteiger charge is -2.29. The molecule has 0 radical (unpaired) electrons. The summed E-state index contributed by atoms with van der Waals surface area (Å²) in [6, 6.07) is 84.0. The Balaban J connectivity index is 0.916. The van der Waals surface area contributed by atoms with E-state index in [1.54, 1.807) is 24.3 Å². The minimum Gasteiger partial charge on any atom is -0.307 e. The molecular formula is C74H52F2N2. The van der Waals surface area contributed by atoms with Crippen molar-refractivity contribution >= 4 is 55.7 Å². The predicted octanol–water partition coefficient (Wildman–Crippen LogP) is 20.8. The number of halogens is 2. The zero-order chi connectivity index (χ0) is 52.6. The van der Waals surface area contributed by atoms with Crippen LogP contribution < -0.4 is 9.80 Å². The standard InChI is InChI=1S/C74H52F2N2/c1-73(2)56-27-9-7-23-52(56)69-58(73)29-17-35-64(69)77(62-33-13-11-31-60(62)75)48-41-37-46(38-42-48)67-50-21-5-6-22-51(50)68(72-55-26-16-20-45-19-15-25-54(66(45)55)71(67)72)47-39-43-49(44-40-47)78(63-34-14-12-32-61(63)76)65-36-18-30-59-70(65)53-24-8-10-28-57(53)74(59,3)4/h5-44H,1-4H3. The number of fused-ring (bicyclic) bond motifs is 10. The van der Waals surface area contributed by atoms with Gasteiger partial charge in [0.25, 0.3) is 0 Å². The molecule has 372 valence electrons. The van der Waals surface area contributed by atoms with E-state index in [1.165, 1.54) is 66.4 Å². The van der Waals surface area contributed by atoms with Gasteiger partial charge in [-0.3, -0.25) is 0 Å². The molecule has 3 aliphatic carbocycles. The fourth-order valence-corrected chi connectivity index (χ4v) is 13.8. The van der Waals surface area contributed by atoms with Gasteiger partial charge < -0.3 is 9.80 Å². The average molecular weight is 1010 g/mol. The van der Waals surface area contributed by atoms with E-state index in [9.17, 15) is 0 Å². The van der Waals surface area contributed by atoms with E-state index in [0.717, 1.165) is 66.9 Å². The summed E-state index contributed by atoms with van der Waals surface area (Å²) in [7, 11) is 0. The maximum Gasteiger partial charge on any atom is 0.147 e. The zero-order valence-electron chi connectivity index (χ0n) is 43.7. The summed E-state index contributed by atoms with van der Waals surface area (Å²) in [5.74, 6) is -0.581. The first-order valence-electron chi connectivity index (χ1n) is 27.0. The quantitative estimate of drug-likeness (QED) is 0.150. The molecule has 4 heteroatoms. The second-order valence-corrected chi connectivity index (χ2v) is 22.2. The Labute approximate surface area is 453 Å². The van der Waals surface area contributed by atoms with Gasteiger partial charge in [0.1, 0.15) is 11.6 Å². The highest BCUT2D eigenvalue weighted by Gasteiger charge is 2.40. The van der Waals surface area contributed by atoms with E-state index in [-0.39, 0.29) is 22.5 Å². The Bertz CT molecular complexity index is 4190. The van der Waals surface area contributed by atoms with E-state index in [0.29, 0.717) is 11.4 Å². The first-order chi connectivity index (χ1) is 38.1. The molecule has 78 heavy (non-hydrogen) atoms. The van der Waals surface area contributed by atoms with E-state index in [1.807, 2.05) is 24.3 Å². The van der Waals surface area contributed by atoms with Crippen molar-refractivity contribution in [2.24, 2.45) is 0 Å². The van der Waals surface area contributed by atoms with Crippen molar-refractivity contribution in [3.8, 4) is 66.8 Å². The molecule has 0 spiro atoms. The normalized spacial score (nSPS) is 13.7. The number of para-hydroxylation sites is 2. The third-order valence-electron chi connectivity index (χ3n) is 17.3. The molecule has 0 saturated carbocycles. The van der Waals surface area contributed by atoms with E-state index in [2.05, 4.69) is 232 Å². The lowest BCUT2D eigenvalue weighted by Crippen LogP contribution is -2.16. The number of benzene rings is 12. The summed E-state index contributed by atoms with van der Waals surface area (Å²) in [6.45, 7) is 9.12. The summed E-state index contributed by atoms with van der Waals surface area (Å²) in [5.41, 5.74) is 22.9. The fourth-order valence-electron chi connectivity index (χ4n) is 13.8. The van der Waals surface area contributed by atoms with Crippen LogP contribution in [-0.2, 0) is 10.8 Å². The van der Waals surface area contributed by atoms with Crippen molar-refractivity contribution in [3.05, 3.63) is 277 Å². The highest BCUT2D eigenvalue weighted by Crippen LogP contribution is 2.60. The van der Waals surface area contributed by atoms with Crippen LogP contribution in [0, 0.1) is 11.6 Å². The van der Waals surface area contributed by atoms with E-state index < -0.39 is 0 Å². The van der Waals surface area contributed by atoms with Crippen LogP contribution >= 0.6 is 0 Å². The number of hydrogen-bond donors (Lipinski definition) is 0. The average Bonchev–Trinajstić information content (AvgIpc) is 4.14. The number of rotatable bonds is 8. The topological polar surface area (TPSA) is 6.48 Å². The fraction of sp³-hybridized carbons (Fsp3) is 0.0811. The van der Waals surface area contributed by atoms with Crippen molar-refractivity contribution in [2.45, 2.75) is 38.5 Å². The molecular weight excluding hydrogens is 955 g/mol. The van der Waals surface area contributed by atoms with Crippen LogP contribution in [0.15, 0.2) is 243 Å². The van der Waals surface area contributed by atoms with Crippen LogP contribution in [0.4, 0.5) is 42.9 Å². The lowest BCUT2D eigenvalue weighted by molar-refractivity contribution is 0.628. The second kappa shape index (κ2) is 17.1. The second-order valence-electron chi connectivity index (χ2n) is 22.2. The van der Waals surface area contributed by atoms with Gasteiger partial charge in [0.05, 0.1) is 22.7 Å². The highest BCUT2D eigenvalue weighted by atomic mass is 19.1. The summed E-state index contributed by atoms with van der Waals surface area (Å²) in [6.07, 6.45) is 0. The molecule has 12 aromatic rings. The van der Waals surface area contributed by atoms with Gasteiger partial charge in [0.2, 0.25) is 0 Å². The largest absolute Gasteiger partial charge is 0.307 e. The van der Waals surface area contributed by atoms with Gasteiger partial charge in [0.15, 0.2) is 0 Å². The van der Waals surface area contributed by atoms with Gasteiger partial charge in [-0.1, -0.05) is 210 Å². The molecule has 15 rings (SSSR count). The number of anilines is 6. The zero-order valence-corrected chi connectivity index (χ0v) is 43.7. The van der Waals surface area contributed by atoms with Gasteiger partial charge >= 0.3 is 0 Å². The van der Waals surface area contributed by atoms with Crippen LogP contribution in [-0.4, -0.2) is 0 Å². The first kappa shape index (κ1) is 46.0. The molecule has 0 heterocycles. The Morgan fingerprint density at radius 1 is 0.282 bits per heavy atom. The molecule has 0 amide bonds. The van der Waals surface area contributed by atoms with Crippen LogP contribution in [0.1, 0.15) is 49.9 Å². The molecule has 0 aromatic heterocycles. The maximum absolute atomic E-state index is 16.4.